The number of benzene rings is 2. The van der Waals surface area contributed by atoms with Gasteiger partial charge in [0.15, 0.2) is 0 Å². The molecule has 3 aromatic heterocycles. The Bertz CT molecular complexity index is 1350. The Morgan fingerprint density at radius 1 is 0.903 bits per heavy atom. The Kier molecular flexibility index (Phi) is 4.93. The zero-order valence-electron chi connectivity index (χ0n) is 16.8. The molecule has 8 nitrogen and oxygen atoms in total. The number of fused-ring (bicyclic) bond motifs is 1. The number of hydrogen-bond donors (Lipinski definition) is 1. The summed E-state index contributed by atoms with van der Waals surface area (Å²) in [6.07, 6.45) is 3.96. The van der Waals surface area contributed by atoms with E-state index in [1.165, 1.54) is 11.3 Å². The third kappa shape index (κ3) is 3.78. The third-order valence-corrected chi connectivity index (χ3v) is 5.61. The lowest BCUT2D eigenvalue weighted by Gasteiger charge is -1.99. The van der Waals surface area contributed by atoms with Gasteiger partial charge in [-0.05, 0) is 54.1 Å². The number of methoxy groups -OCH3 is 2. The van der Waals surface area contributed by atoms with Crippen LogP contribution in [0, 0.1) is 0 Å². The normalized spacial score (nSPS) is 11.4. The van der Waals surface area contributed by atoms with E-state index in [2.05, 4.69) is 25.5 Å². The summed E-state index contributed by atoms with van der Waals surface area (Å²) in [6, 6.07) is 17.5. The fraction of sp³-hybridized carbons (Fsp3) is 0.0909. The number of aromatic amines is 1. The van der Waals surface area contributed by atoms with Crippen LogP contribution >= 0.6 is 11.3 Å². The maximum atomic E-state index is 5.21. The molecular formula is C22H18N6O2S. The van der Waals surface area contributed by atoms with Crippen molar-refractivity contribution in [2.24, 2.45) is 0 Å². The molecule has 0 unspecified atom stereocenters. The second-order valence-corrected chi connectivity index (χ2v) is 7.65. The van der Waals surface area contributed by atoms with Gasteiger partial charge in [-0.1, -0.05) is 29.5 Å². The number of rotatable bonds is 6. The SMILES string of the molecule is COc1ccc(/C=C/c2nn3c(-c4cc(-c5ccc(OC)cc5)n[nH]4)nnc3s2)cc1. The van der Waals surface area contributed by atoms with E-state index in [-0.39, 0.29) is 0 Å². The van der Waals surface area contributed by atoms with Crippen LogP contribution in [-0.2, 0) is 0 Å². The summed E-state index contributed by atoms with van der Waals surface area (Å²) >= 11 is 1.47. The summed E-state index contributed by atoms with van der Waals surface area (Å²) in [6.45, 7) is 0. The van der Waals surface area contributed by atoms with Gasteiger partial charge in [0.2, 0.25) is 10.8 Å². The van der Waals surface area contributed by atoms with Crippen LogP contribution in [-0.4, -0.2) is 44.2 Å². The van der Waals surface area contributed by atoms with Crippen molar-refractivity contribution in [2.75, 3.05) is 14.2 Å². The fourth-order valence-corrected chi connectivity index (χ4v) is 3.84. The Balaban J connectivity index is 1.40. The van der Waals surface area contributed by atoms with Crippen molar-refractivity contribution in [1.29, 1.82) is 0 Å². The molecule has 3 heterocycles. The van der Waals surface area contributed by atoms with Crippen LogP contribution in [0.5, 0.6) is 11.5 Å². The topological polar surface area (TPSA) is 90.2 Å². The summed E-state index contributed by atoms with van der Waals surface area (Å²) in [5.74, 6) is 2.24. The number of ether oxygens (including phenoxy) is 2. The van der Waals surface area contributed by atoms with Crippen LogP contribution in [0.15, 0.2) is 54.6 Å². The van der Waals surface area contributed by atoms with Crippen molar-refractivity contribution < 1.29 is 9.47 Å². The molecule has 154 valence electrons. The summed E-state index contributed by atoms with van der Waals surface area (Å²) in [5.41, 5.74) is 3.59. The second-order valence-electron chi connectivity index (χ2n) is 6.66. The summed E-state index contributed by atoms with van der Waals surface area (Å²) in [4.78, 5) is 0.713. The van der Waals surface area contributed by atoms with Crippen LogP contribution in [0.25, 0.3) is 39.9 Å². The Labute approximate surface area is 181 Å². The second kappa shape index (κ2) is 8.04. The predicted molar refractivity (Wildman–Crippen MR) is 120 cm³/mol. The maximum Gasteiger partial charge on any atom is 0.235 e. The molecule has 0 saturated heterocycles. The van der Waals surface area contributed by atoms with Gasteiger partial charge in [-0.3, -0.25) is 5.10 Å². The minimum Gasteiger partial charge on any atom is -0.497 e. The first-order chi connectivity index (χ1) is 15.2. The highest BCUT2D eigenvalue weighted by Crippen LogP contribution is 2.26. The maximum absolute atomic E-state index is 5.21. The first-order valence-electron chi connectivity index (χ1n) is 9.48. The molecule has 0 atom stereocenters. The van der Waals surface area contributed by atoms with Gasteiger partial charge in [0.05, 0.1) is 19.9 Å². The average Bonchev–Trinajstić information content (AvgIpc) is 3.54. The van der Waals surface area contributed by atoms with E-state index in [4.69, 9.17) is 9.47 Å². The van der Waals surface area contributed by atoms with Gasteiger partial charge in [-0.15, -0.1) is 10.2 Å². The third-order valence-electron chi connectivity index (χ3n) is 4.75. The molecule has 0 amide bonds. The van der Waals surface area contributed by atoms with Crippen molar-refractivity contribution in [3.8, 4) is 34.3 Å². The van der Waals surface area contributed by atoms with E-state index >= 15 is 0 Å². The molecule has 31 heavy (non-hydrogen) atoms. The summed E-state index contributed by atoms with van der Waals surface area (Å²) < 4.78 is 12.1. The van der Waals surface area contributed by atoms with Crippen molar-refractivity contribution in [2.45, 2.75) is 0 Å². The number of nitrogens with one attached hydrogen (secondary N) is 1. The van der Waals surface area contributed by atoms with E-state index in [9.17, 15) is 0 Å². The quantitative estimate of drug-likeness (QED) is 0.429. The molecule has 0 bridgehead atoms. The molecular weight excluding hydrogens is 412 g/mol. The lowest BCUT2D eigenvalue weighted by Crippen LogP contribution is -1.90. The van der Waals surface area contributed by atoms with E-state index in [0.29, 0.717) is 10.8 Å². The Morgan fingerprint density at radius 2 is 1.61 bits per heavy atom. The molecule has 0 aliphatic rings. The van der Waals surface area contributed by atoms with Gasteiger partial charge in [-0.2, -0.15) is 14.7 Å². The van der Waals surface area contributed by atoms with Crippen molar-refractivity contribution in [1.82, 2.24) is 30.0 Å². The molecule has 0 fully saturated rings. The van der Waals surface area contributed by atoms with Gasteiger partial charge in [0.1, 0.15) is 22.2 Å². The van der Waals surface area contributed by atoms with Gasteiger partial charge in [0.25, 0.3) is 0 Å². The minimum atomic E-state index is 0.614. The van der Waals surface area contributed by atoms with Gasteiger partial charge < -0.3 is 9.47 Å². The molecule has 5 aromatic rings. The monoisotopic (exact) mass is 430 g/mol. The molecule has 2 aromatic carbocycles. The van der Waals surface area contributed by atoms with E-state index in [0.717, 1.165) is 39.0 Å². The molecule has 0 spiro atoms. The van der Waals surface area contributed by atoms with E-state index < -0.39 is 0 Å². The first kappa shape index (κ1) is 19.0. The fourth-order valence-electron chi connectivity index (χ4n) is 3.10. The average molecular weight is 430 g/mol. The van der Waals surface area contributed by atoms with Crippen molar-refractivity contribution in [3.05, 3.63) is 65.2 Å². The van der Waals surface area contributed by atoms with E-state index in [1.54, 1.807) is 18.7 Å². The summed E-state index contributed by atoms with van der Waals surface area (Å²) in [7, 11) is 3.30. The standard InChI is InChI=1S/C22H18N6O2S/c1-29-16-8-3-14(4-9-16)5-12-20-27-28-21(25-26-22(28)31-20)19-13-18(23-24-19)15-6-10-17(30-2)11-7-15/h3-13H,1-2H3,(H,23,24)/b12-5+. The summed E-state index contributed by atoms with van der Waals surface area (Å²) in [5, 5.41) is 21.4. The van der Waals surface area contributed by atoms with Crippen molar-refractivity contribution >= 4 is 28.4 Å². The Hall–Kier alpha value is -3.98. The molecule has 5 rings (SSSR count). The lowest BCUT2D eigenvalue weighted by atomic mass is 10.1. The number of nitrogens with zero attached hydrogens (tertiary/aromatic N) is 5. The Morgan fingerprint density at radius 3 is 2.32 bits per heavy atom. The smallest absolute Gasteiger partial charge is 0.235 e. The number of aromatic nitrogens is 6. The predicted octanol–water partition coefficient (Wildman–Crippen LogP) is 4.43. The van der Waals surface area contributed by atoms with Crippen LogP contribution in [0.3, 0.4) is 0 Å². The van der Waals surface area contributed by atoms with Crippen molar-refractivity contribution in [3.63, 3.8) is 0 Å². The van der Waals surface area contributed by atoms with Crippen LogP contribution in [0.4, 0.5) is 0 Å². The van der Waals surface area contributed by atoms with Gasteiger partial charge in [0, 0.05) is 5.56 Å². The van der Waals surface area contributed by atoms with Crippen LogP contribution < -0.4 is 9.47 Å². The highest BCUT2D eigenvalue weighted by molar-refractivity contribution is 7.17. The minimum absolute atomic E-state index is 0.614. The molecule has 9 heteroatoms. The van der Waals surface area contributed by atoms with E-state index in [1.807, 2.05) is 66.7 Å². The lowest BCUT2D eigenvalue weighted by molar-refractivity contribution is 0.414. The zero-order valence-corrected chi connectivity index (χ0v) is 17.6. The molecule has 0 radical (unpaired) electrons. The largest absolute Gasteiger partial charge is 0.497 e. The van der Waals surface area contributed by atoms with Gasteiger partial charge in [-0.25, -0.2) is 0 Å². The van der Waals surface area contributed by atoms with Crippen LogP contribution in [0.1, 0.15) is 10.6 Å². The molecule has 0 saturated carbocycles. The molecule has 1 N–H and O–H groups in total. The highest BCUT2D eigenvalue weighted by Gasteiger charge is 2.15. The molecule has 0 aliphatic carbocycles. The number of hydrogen-bond acceptors (Lipinski definition) is 7. The molecule has 0 aliphatic heterocycles. The zero-order chi connectivity index (χ0) is 21.2. The van der Waals surface area contributed by atoms with Crippen LogP contribution in [0.2, 0.25) is 0 Å². The highest BCUT2D eigenvalue weighted by atomic mass is 32.1. The van der Waals surface area contributed by atoms with Gasteiger partial charge >= 0.3 is 0 Å². The first-order valence-corrected chi connectivity index (χ1v) is 10.3. The number of H-pyrrole nitrogens is 1.